The lowest BCUT2D eigenvalue weighted by Crippen LogP contribution is -2.44. The molecule has 2 rings (SSSR count). The highest BCUT2D eigenvalue weighted by Gasteiger charge is 2.48. The van der Waals surface area contributed by atoms with Crippen LogP contribution in [0.2, 0.25) is 0 Å². The molecule has 7 heteroatoms. The maximum absolute atomic E-state index is 12.6. The third-order valence-corrected chi connectivity index (χ3v) is 5.35. The van der Waals surface area contributed by atoms with Gasteiger partial charge in [0.2, 0.25) is 0 Å². The van der Waals surface area contributed by atoms with Gasteiger partial charge in [0.05, 0.1) is 18.4 Å². The van der Waals surface area contributed by atoms with Crippen LogP contribution in [0.15, 0.2) is 35.5 Å². The van der Waals surface area contributed by atoms with E-state index in [2.05, 4.69) is 6.58 Å². The maximum Gasteiger partial charge on any atom is 0.334 e. The lowest BCUT2D eigenvalue weighted by molar-refractivity contribution is -0.164. The molecule has 0 aromatic rings. The standard InChI is InChI=1S/C21H28O7/c1-5-12(2)20(24)28-19-17-13(3)21(25)27-16(17)9-14(10-22)7-6-8-15(11-23)18(19)26-4/h8-9,11-12,16-19,22H,3,5-7,10H2,1-2,4H3/b14-9+,15-8-/t12-,16+,17-,18-,19-/m0/s1. The van der Waals surface area contributed by atoms with E-state index in [1.165, 1.54) is 7.11 Å². The van der Waals surface area contributed by atoms with Crippen molar-refractivity contribution in [1.82, 2.24) is 0 Å². The quantitative estimate of drug-likeness (QED) is 0.319. The number of carbonyl (C=O) groups excluding carboxylic acids is 3. The van der Waals surface area contributed by atoms with Gasteiger partial charge in [0.25, 0.3) is 0 Å². The molecule has 2 aliphatic rings. The van der Waals surface area contributed by atoms with Gasteiger partial charge in [-0.25, -0.2) is 4.79 Å². The number of esters is 2. The van der Waals surface area contributed by atoms with Crippen LogP contribution >= 0.6 is 0 Å². The van der Waals surface area contributed by atoms with E-state index in [1.807, 2.05) is 6.92 Å². The first-order valence-corrected chi connectivity index (χ1v) is 9.46. The van der Waals surface area contributed by atoms with Crippen LogP contribution in [0.3, 0.4) is 0 Å². The number of aliphatic hydroxyl groups is 1. The Morgan fingerprint density at radius 2 is 2.21 bits per heavy atom. The van der Waals surface area contributed by atoms with Crippen molar-refractivity contribution in [3.8, 4) is 0 Å². The first-order chi connectivity index (χ1) is 13.4. The Hall–Kier alpha value is -2.25. The third-order valence-electron chi connectivity index (χ3n) is 5.35. The molecule has 0 radical (unpaired) electrons. The zero-order valence-corrected chi connectivity index (χ0v) is 16.6. The number of aliphatic hydroxyl groups excluding tert-OH is 1. The first-order valence-electron chi connectivity index (χ1n) is 9.46. The Kier molecular flexibility index (Phi) is 7.71. The van der Waals surface area contributed by atoms with E-state index in [0.717, 1.165) is 0 Å². The number of rotatable bonds is 6. The molecule has 0 amide bonds. The number of fused-ring (bicyclic) bond motifs is 1. The molecule has 1 N–H and O–H groups in total. The zero-order chi connectivity index (χ0) is 20.8. The molecule has 0 unspecified atom stereocenters. The van der Waals surface area contributed by atoms with Crippen molar-refractivity contribution < 1.29 is 33.7 Å². The van der Waals surface area contributed by atoms with Gasteiger partial charge in [0.1, 0.15) is 24.6 Å². The minimum atomic E-state index is -0.971. The SMILES string of the molecule is C=C1C(=O)O[C@@H]2/C=C(/CO)CC/C=C(/C=O)[C@H](OC)[C@@H](OC(=O)[C@@H](C)CC)[C@@H]12. The number of carbonyl (C=O) groups is 3. The predicted octanol–water partition coefficient (Wildman–Crippen LogP) is 1.89. The average molecular weight is 392 g/mol. The van der Waals surface area contributed by atoms with Gasteiger partial charge < -0.3 is 19.3 Å². The molecule has 0 saturated carbocycles. The van der Waals surface area contributed by atoms with Gasteiger partial charge >= 0.3 is 11.9 Å². The number of methoxy groups -OCH3 is 1. The fourth-order valence-electron chi connectivity index (χ4n) is 3.43. The summed E-state index contributed by atoms with van der Waals surface area (Å²) >= 11 is 0. The van der Waals surface area contributed by atoms with Crippen LogP contribution in [0.4, 0.5) is 0 Å². The summed E-state index contributed by atoms with van der Waals surface area (Å²) in [5, 5.41) is 9.63. The fraction of sp³-hybridized carbons (Fsp3) is 0.571. The summed E-state index contributed by atoms with van der Waals surface area (Å²) in [4.78, 5) is 36.5. The summed E-state index contributed by atoms with van der Waals surface area (Å²) in [5.74, 6) is -2.13. The zero-order valence-electron chi connectivity index (χ0n) is 16.6. The second-order valence-electron chi connectivity index (χ2n) is 7.13. The molecule has 1 heterocycles. The minimum absolute atomic E-state index is 0.147. The largest absolute Gasteiger partial charge is 0.458 e. The van der Waals surface area contributed by atoms with E-state index >= 15 is 0 Å². The van der Waals surface area contributed by atoms with Crippen molar-refractivity contribution in [1.29, 1.82) is 0 Å². The van der Waals surface area contributed by atoms with Gasteiger partial charge in [-0.1, -0.05) is 26.5 Å². The Balaban J connectivity index is 2.56. The Bertz CT molecular complexity index is 691. The predicted molar refractivity (Wildman–Crippen MR) is 101 cm³/mol. The van der Waals surface area contributed by atoms with Gasteiger partial charge in [0.15, 0.2) is 0 Å². The molecule has 0 aromatic heterocycles. The van der Waals surface area contributed by atoms with Gasteiger partial charge in [-0.3, -0.25) is 9.59 Å². The first kappa shape index (κ1) is 22.0. The molecule has 1 saturated heterocycles. The van der Waals surface area contributed by atoms with Crippen LogP contribution < -0.4 is 0 Å². The van der Waals surface area contributed by atoms with E-state index in [4.69, 9.17) is 14.2 Å². The molecule has 0 aromatic carbocycles. The minimum Gasteiger partial charge on any atom is -0.458 e. The van der Waals surface area contributed by atoms with E-state index in [1.54, 1.807) is 19.1 Å². The summed E-state index contributed by atoms with van der Waals surface area (Å²) in [6.07, 6.45) is 3.01. The monoisotopic (exact) mass is 392 g/mol. The average Bonchev–Trinajstić information content (AvgIpc) is 2.97. The second-order valence-corrected chi connectivity index (χ2v) is 7.13. The van der Waals surface area contributed by atoms with Crippen molar-refractivity contribution in [2.75, 3.05) is 13.7 Å². The van der Waals surface area contributed by atoms with E-state index < -0.39 is 36.2 Å². The summed E-state index contributed by atoms with van der Waals surface area (Å²) < 4.78 is 16.7. The van der Waals surface area contributed by atoms with Gasteiger partial charge in [-0.2, -0.15) is 0 Å². The van der Waals surface area contributed by atoms with E-state index in [9.17, 15) is 19.5 Å². The van der Waals surface area contributed by atoms with Crippen LogP contribution in [0.1, 0.15) is 33.1 Å². The molecule has 1 aliphatic heterocycles. The topological polar surface area (TPSA) is 99.1 Å². The number of hydrogen-bond donors (Lipinski definition) is 1. The number of hydrogen-bond acceptors (Lipinski definition) is 7. The lowest BCUT2D eigenvalue weighted by Gasteiger charge is -2.33. The molecular formula is C21H28O7. The number of aldehydes is 1. The van der Waals surface area contributed by atoms with Crippen LogP contribution in [0.25, 0.3) is 0 Å². The molecule has 7 nitrogen and oxygen atoms in total. The highest BCUT2D eigenvalue weighted by Crippen LogP contribution is 2.37. The molecule has 5 atom stereocenters. The molecular weight excluding hydrogens is 364 g/mol. The Morgan fingerprint density at radius 3 is 2.79 bits per heavy atom. The van der Waals surface area contributed by atoms with Gasteiger partial charge in [0, 0.05) is 18.3 Å². The molecule has 28 heavy (non-hydrogen) atoms. The van der Waals surface area contributed by atoms with Crippen molar-refractivity contribution in [3.05, 3.63) is 35.5 Å². The van der Waals surface area contributed by atoms with Crippen molar-refractivity contribution in [2.45, 2.75) is 51.4 Å². The van der Waals surface area contributed by atoms with Crippen LogP contribution in [-0.4, -0.2) is 55.4 Å². The van der Waals surface area contributed by atoms with Crippen LogP contribution in [0, 0.1) is 11.8 Å². The van der Waals surface area contributed by atoms with Crippen LogP contribution in [0.5, 0.6) is 0 Å². The smallest absolute Gasteiger partial charge is 0.334 e. The fourth-order valence-corrected chi connectivity index (χ4v) is 3.43. The molecule has 154 valence electrons. The summed E-state index contributed by atoms with van der Waals surface area (Å²) in [6.45, 7) is 7.22. The maximum atomic E-state index is 12.6. The summed E-state index contributed by atoms with van der Waals surface area (Å²) in [5.41, 5.74) is 1.13. The second kappa shape index (κ2) is 9.80. The lowest BCUT2D eigenvalue weighted by atomic mass is 9.83. The van der Waals surface area contributed by atoms with Gasteiger partial charge in [-0.05, 0) is 30.9 Å². The summed E-state index contributed by atoms with van der Waals surface area (Å²) in [7, 11) is 1.42. The van der Waals surface area contributed by atoms with Crippen molar-refractivity contribution in [3.63, 3.8) is 0 Å². The van der Waals surface area contributed by atoms with E-state index in [0.29, 0.717) is 36.7 Å². The van der Waals surface area contributed by atoms with E-state index in [-0.39, 0.29) is 18.1 Å². The number of allylic oxidation sites excluding steroid dienone is 1. The third kappa shape index (κ3) is 4.59. The summed E-state index contributed by atoms with van der Waals surface area (Å²) in [6, 6.07) is 0. The molecule has 0 bridgehead atoms. The highest BCUT2D eigenvalue weighted by molar-refractivity contribution is 5.91. The Morgan fingerprint density at radius 1 is 1.50 bits per heavy atom. The molecule has 1 aliphatic carbocycles. The van der Waals surface area contributed by atoms with Gasteiger partial charge in [-0.15, -0.1) is 0 Å². The molecule has 1 fully saturated rings. The Labute approximate surface area is 165 Å². The molecule has 0 spiro atoms. The van der Waals surface area contributed by atoms with Crippen LogP contribution in [-0.2, 0) is 28.6 Å². The number of ether oxygens (including phenoxy) is 3. The normalized spacial score (nSPS) is 32.9. The van der Waals surface area contributed by atoms with Crippen molar-refractivity contribution >= 4 is 18.2 Å². The highest BCUT2D eigenvalue weighted by atomic mass is 16.6. The van der Waals surface area contributed by atoms with Crippen molar-refractivity contribution in [2.24, 2.45) is 11.8 Å².